The first kappa shape index (κ1) is 14.6. The third-order valence-corrected chi connectivity index (χ3v) is 3.50. The Labute approximate surface area is 127 Å². The first-order chi connectivity index (χ1) is 9.60. The lowest BCUT2D eigenvalue weighted by atomic mass is 10.0. The fraction of sp³-hybridized carbons (Fsp3) is 0.188. The summed E-state index contributed by atoms with van der Waals surface area (Å²) in [6.07, 6.45) is 0. The molecule has 0 amide bonds. The van der Waals surface area contributed by atoms with Crippen LogP contribution in [0.4, 0.5) is 5.69 Å². The quantitative estimate of drug-likeness (QED) is 0.835. The largest absolute Gasteiger partial charge is 0.497 e. The first-order valence-corrected chi connectivity index (χ1v) is 7.10. The SMILES string of the molecule is COc1cccc(C(=O)C(C)Nc2ccc(Br)cc2)c1. The van der Waals surface area contributed by atoms with Crippen LogP contribution in [0.15, 0.2) is 53.0 Å². The van der Waals surface area contributed by atoms with E-state index in [0.29, 0.717) is 11.3 Å². The molecule has 1 unspecified atom stereocenters. The zero-order valence-electron chi connectivity index (χ0n) is 11.4. The Morgan fingerprint density at radius 3 is 2.55 bits per heavy atom. The zero-order valence-corrected chi connectivity index (χ0v) is 13.0. The van der Waals surface area contributed by atoms with Crippen molar-refractivity contribution in [3.8, 4) is 5.75 Å². The van der Waals surface area contributed by atoms with Gasteiger partial charge in [0.15, 0.2) is 5.78 Å². The second kappa shape index (κ2) is 6.57. The predicted molar refractivity (Wildman–Crippen MR) is 84.6 cm³/mol. The van der Waals surface area contributed by atoms with Gasteiger partial charge in [0.1, 0.15) is 5.75 Å². The molecule has 1 atom stereocenters. The van der Waals surface area contributed by atoms with E-state index in [2.05, 4.69) is 21.2 Å². The minimum absolute atomic E-state index is 0.0341. The lowest BCUT2D eigenvalue weighted by molar-refractivity contribution is 0.0975. The topological polar surface area (TPSA) is 38.3 Å². The van der Waals surface area contributed by atoms with Crippen molar-refractivity contribution >= 4 is 27.4 Å². The van der Waals surface area contributed by atoms with E-state index in [4.69, 9.17) is 4.74 Å². The number of Topliss-reactive ketones (excluding diaryl/α,β-unsaturated/α-hetero) is 1. The number of anilines is 1. The van der Waals surface area contributed by atoms with Crippen molar-refractivity contribution in [1.29, 1.82) is 0 Å². The molecule has 0 heterocycles. The Balaban J connectivity index is 2.09. The van der Waals surface area contributed by atoms with Crippen molar-refractivity contribution in [2.75, 3.05) is 12.4 Å². The third kappa shape index (κ3) is 3.61. The van der Waals surface area contributed by atoms with Gasteiger partial charge < -0.3 is 10.1 Å². The molecule has 2 rings (SSSR count). The Morgan fingerprint density at radius 2 is 1.90 bits per heavy atom. The number of carbonyl (C=O) groups is 1. The molecule has 1 N–H and O–H groups in total. The van der Waals surface area contributed by atoms with E-state index in [1.807, 2.05) is 43.3 Å². The molecule has 2 aromatic rings. The summed E-state index contributed by atoms with van der Waals surface area (Å²) in [6.45, 7) is 1.85. The molecular weight excluding hydrogens is 318 g/mol. The molecule has 0 fully saturated rings. The highest BCUT2D eigenvalue weighted by Crippen LogP contribution is 2.18. The van der Waals surface area contributed by atoms with Gasteiger partial charge in [0.25, 0.3) is 0 Å². The number of ketones is 1. The molecule has 0 aliphatic rings. The maximum Gasteiger partial charge on any atom is 0.184 e. The minimum atomic E-state index is -0.303. The van der Waals surface area contributed by atoms with Gasteiger partial charge in [-0.25, -0.2) is 0 Å². The van der Waals surface area contributed by atoms with Crippen LogP contribution >= 0.6 is 15.9 Å². The van der Waals surface area contributed by atoms with Crippen molar-refractivity contribution in [3.05, 3.63) is 58.6 Å². The number of hydrogen-bond donors (Lipinski definition) is 1. The molecule has 0 aliphatic heterocycles. The molecule has 0 radical (unpaired) electrons. The standard InChI is InChI=1S/C16H16BrNO2/c1-11(18-14-8-6-13(17)7-9-14)16(19)12-4-3-5-15(10-12)20-2/h3-11,18H,1-2H3. The summed E-state index contributed by atoms with van der Waals surface area (Å²) in [5.74, 6) is 0.721. The van der Waals surface area contributed by atoms with Gasteiger partial charge in [-0.1, -0.05) is 28.1 Å². The number of benzene rings is 2. The maximum absolute atomic E-state index is 12.4. The van der Waals surface area contributed by atoms with Crippen LogP contribution in [-0.4, -0.2) is 18.9 Å². The van der Waals surface area contributed by atoms with Crippen molar-refractivity contribution < 1.29 is 9.53 Å². The minimum Gasteiger partial charge on any atom is -0.497 e. The van der Waals surface area contributed by atoms with Crippen LogP contribution in [-0.2, 0) is 0 Å². The molecule has 2 aromatic carbocycles. The van der Waals surface area contributed by atoms with E-state index in [1.54, 1.807) is 19.2 Å². The van der Waals surface area contributed by atoms with Crippen molar-refractivity contribution in [2.45, 2.75) is 13.0 Å². The monoisotopic (exact) mass is 333 g/mol. The first-order valence-electron chi connectivity index (χ1n) is 6.30. The van der Waals surface area contributed by atoms with Gasteiger partial charge in [0.2, 0.25) is 0 Å². The van der Waals surface area contributed by atoms with Crippen molar-refractivity contribution in [3.63, 3.8) is 0 Å². The van der Waals surface area contributed by atoms with E-state index in [1.165, 1.54) is 0 Å². The average molecular weight is 334 g/mol. The summed E-state index contributed by atoms with van der Waals surface area (Å²) in [6, 6.07) is 14.6. The van der Waals surface area contributed by atoms with Crippen molar-refractivity contribution in [2.24, 2.45) is 0 Å². The van der Waals surface area contributed by atoms with Crippen LogP contribution in [0.2, 0.25) is 0 Å². The van der Waals surface area contributed by atoms with E-state index in [0.717, 1.165) is 10.2 Å². The van der Waals surface area contributed by atoms with Crippen molar-refractivity contribution in [1.82, 2.24) is 0 Å². The normalized spacial score (nSPS) is 11.8. The fourth-order valence-corrected chi connectivity index (χ4v) is 2.15. The number of halogens is 1. The number of rotatable bonds is 5. The van der Waals surface area contributed by atoms with Gasteiger partial charge in [-0.05, 0) is 43.3 Å². The third-order valence-electron chi connectivity index (χ3n) is 2.97. The summed E-state index contributed by atoms with van der Waals surface area (Å²) in [5, 5.41) is 3.19. The van der Waals surface area contributed by atoms with Crippen LogP contribution in [0, 0.1) is 0 Å². The summed E-state index contributed by atoms with van der Waals surface area (Å²) in [7, 11) is 1.59. The Bertz CT molecular complexity index is 596. The van der Waals surface area contributed by atoms with Crippen LogP contribution in [0.1, 0.15) is 17.3 Å². The van der Waals surface area contributed by atoms with Gasteiger partial charge in [0.05, 0.1) is 13.2 Å². The number of carbonyl (C=O) groups excluding carboxylic acids is 1. The van der Waals surface area contributed by atoms with E-state index >= 15 is 0 Å². The van der Waals surface area contributed by atoms with E-state index in [9.17, 15) is 4.79 Å². The molecule has 0 aliphatic carbocycles. The zero-order chi connectivity index (χ0) is 14.5. The molecule has 0 saturated carbocycles. The summed E-state index contributed by atoms with van der Waals surface area (Å²) in [4.78, 5) is 12.4. The van der Waals surface area contributed by atoms with Gasteiger partial charge in [-0.2, -0.15) is 0 Å². The lowest BCUT2D eigenvalue weighted by Gasteiger charge is -2.14. The van der Waals surface area contributed by atoms with Crippen LogP contribution in [0.25, 0.3) is 0 Å². The maximum atomic E-state index is 12.4. The molecular formula is C16H16BrNO2. The van der Waals surface area contributed by atoms with E-state index in [-0.39, 0.29) is 11.8 Å². The smallest absolute Gasteiger partial charge is 0.184 e. The Hall–Kier alpha value is -1.81. The van der Waals surface area contributed by atoms with Crippen LogP contribution in [0.3, 0.4) is 0 Å². The molecule has 104 valence electrons. The molecule has 3 nitrogen and oxygen atoms in total. The Kier molecular flexibility index (Phi) is 4.79. The number of methoxy groups -OCH3 is 1. The van der Waals surface area contributed by atoms with Gasteiger partial charge in [-0.15, -0.1) is 0 Å². The van der Waals surface area contributed by atoms with Gasteiger partial charge in [-0.3, -0.25) is 4.79 Å². The van der Waals surface area contributed by atoms with Gasteiger partial charge in [0, 0.05) is 15.7 Å². The highest BCUT2D eigenvalue weighted by Gasteiger charge is 2.15. The Morgan fingerprint density at radius 1 is 1.20 bits per heavy atom. The average Bonchev–Trinajstić information content (AvgIpc) is 2.48. The number of ether oxygens (including phenoxy) is 1. The molecule has 0 bridgehead atoms. The van der Waals surface area contributed by atoms with Gasteiger partial charge >= 0.3 is 0 Å². The lowest BCUT2D eigenvalue weighted by Crippen LogP contribution is -2.26. The van der Waals surface area contributed by atoms with Crippen LogP contribution < -0.4 is 10.1 Å². The molecule has 0 aromatic heterocycles. The summed E-state index contributed by atoms with van der Waals surface area (Å²) >= 11 is 3.38. The number of nitrogens with one attached hydrogen (secondary N) is 1. The van der Waals surface area contributed by atoms with E-state index < -0.39 is 0 Å². The van der Waals surface area contributed by atoms with Crippen LogP contribution in [0.5, 0.6) is 5.75 Å². The summed E-state index contributed by atoms with van der Waals surface area (Å²) in [5.41, 5.74) is 1.55. The predicted octanol–water partition coefficient (Wildman–Crippen LogP) is 4.14. The highest BCUT2D eigenvalue weighted by molar-refractivity contribution is 9.10. The molecule has 20 heavy (non-hydrogen) atoms. The molecule has 0 saturated heterocycles. The highest BCUT2D eigenvalue weighted by atomic mass is 79.9. The second-order valence-electron chi connectivity index (χ2n) is 4.47. The summed E-state index contributed by atoms with van der Waals surface area (Å²) < 4.78 is 6.15. The molecule has 4 heteroatoms. The second-order valence-corrected chi connectivity index (χ2v) is 5.38. The number of hydrogen-bond acceptors (Lipinski definition) is 3. The molecule has 0 spiro atoms. The fourth-order valence-electron chi connectivity index (χ4n) is 1.89.